The van der Waals surface area contributed by atoms with E-state index in [9.17, 15) is 0 Å². The molecule has 1 aromatic carbocycles. The first-order valence-corrected chi connectivity index (χ1v) is 4.68. The molecule has 0 fully saturated rings. The van der Waals surface area contributed by atoms with Crippen LogP contribution in [0.3, 0.4) is 0 Å². The molecule has 0 atom stereocenters. The molecule has 2 aromatic rings. The molecule has 2 heteroatoms. The molecular weight excluding hydrogens is 150 g/mol. The number of aromatic nitrogens is 1. The topological polar surface area (TPSA) is 12.9 Å². The molecule has 0 aliphatic heterocycles. The Morgan fingerprint density at radius 3 is 2.73 bits per heavy atom. The summed E-state index contributed by atoms with van der Waals surface area (Å²) in [5.41, 5.74) is 1.17. The molecule has 0 saturated carbocycles. The normalized spacial score (nSPS) is 10.5. The summed E-state index contributed by atoms with van der Waals surface area (Å²) in [5.74, 6) is 0. The second-order valence-corrected chi connectivity index (χ2v) is 3.73. The number of nitrogens with zero attached hydrogens (tertiary/aromatic N) is 1. The van der Waals surface area contributed by atoms with Crippen LogP contribution in [-0.2, 0) is 0 Å². The molecule has 0 amide bonds. The summed E-state index contributed by atoms with van der Waals surface area (Å²) >= 11 is 0. The zero-order valence-electron chi connectivity index (χ0n) is 6.41. The third-order valence-corrected chi connectivity index (χ3v) is 2.64. The van der Waals surface area contributed by atoms with Crippen molar-refractivity contribution in [2.75, 3.05) is 0 Å². The molecule has 11 heavy (non-hydrogen) atoms. The maximum Gasteiger partial charge on any atom is 0.0684 e. The molecule has 54 valence electrons. The van der Waals surface area contributed by atoms with Crippen LogP contribution >= 0.6 is 0 Å². The Bertz CT molecular complexity index is 379. The van der Waals surface area contributed by atoms with Crippen LogP contribution in [0.25, 0.3) is 10.9 Å². The Morgan fingerprint density at radius 2 is 1.91 bits per heavy atom. The van der Waals surface area contributed by atoms with E-state index in [-0.39, 0.29) is 0 Å². The lowest BCUT2D eigenvalue weighted by molar-refractivity contribution is 1.42. The van der Waals surface area contributed by atoms with Crippen LogP contribution in [-0.4, -0.2) is 15.2 Å². The number of rotatable bonds is 0. The number of fused-ring (bicyclic) bond motifs is 1. The van der Waals surface area contributed by atoms with Gasteiger partial charge in [-0.15, -0.1) is 0 Å². The summed E-state index contributed by atoms with van der Waals surface area (Å²) in [5, 5.41) is 2.63. The van der Waals surface area contributed by atoms with Gasteiger partial charge < -0.3 is 0 Å². The predicted octanol–water partition coefficient (Wildman–Crippen LogP) is 0.225. The van der Waals surface area contributed by atoms with Crippen molar-refractivity contribution < 1.29 is 0 Å². The van der Waals surface area contributed by atoms with Crippen molar-refractivity contribution in [1.82, 2.24) is 4.98 Å². The van der Waals surface area contributed by atoms with Crippen LogP contribution in [0.1, 0.15) is 0 Å². The Morgan fingerprint density at radius 1 is 1.09 bits per heavy atom. The maximum absolute atomic E-state index is 4.32. The second kappa shape index (κ2) is 2.47. The van der Waals surface area contributed by atoms with E-state index in [4.69, 9.17) is 0 Å². The van der Waals surface area contributed by atoms with Gasteiger partial charge in [0.05, 0.1) is 5.52 Å². The fourth-order valence-corrected chi connectivity index (χ4v) is 1.87. The fourth-order valence-electron chi connectivity index (χ4n) is 1.26. The van der Waals surface area contributed by atoms with Gasteiger partial charge in [-0.2, -0.15) is 0 Å². The van der Waals surface area contributed by atoms with E-state index in [1.54, 1.807) is 0 Å². The summed E-state index contributed by atoms with van der Waals surface area (Å²) < 4.78 is 0. The first kappa shape index (κ1) is 6.55. The van der Waals surface area contributed by atoms with Crippen LogP contribution in [0.15, 0.2) is 36.5 Å². The third kappa shape index (κ3) is 1.05. The van der Waals surface area contributed by atoms with E-state index in [0.717, 1.165) is 10.2 Å². The van der Waals surface area contributed by atoms with Gasteiger partial charge in [0.1, 0.15) is 0 Å². The van der Waals surface area contributed by atoms with Crippen molar-refractivity contribution in [3.63, 3.8) is 0 Å². The molecule has 0 unspecified atom stereocenters. The highest BCUT2D eigenvalue weighted by molar-refractivity contribution is 6.38. The highest BCUT2D eigenvalue weighted by Gasteiger charge is 1.93. The molecule has 0 radical (unpaired) electrons. The van der Waals surface area contributed by atoms with Gasteiger partial charge in [0, 0.05) is 16.4 Å². The summed E-state index contributed by atoms with van der Waals surface area (Å²) in [6.07, 6.45) is 1.85. The number of hydrogen-bond acceptors (Lipinski definition) is 1. The smallest absolute Gasteiger partial charge is 0.0684 e. The Balaban J connectivity index is 2.91. The fraction of sp³-hybridized carbons (Fsp3) is 0. The molecule has 0 N–H and O–H groups in total. The lowest BCUT2D eigenvalue weighted by Gasteiger charge is -1.97. The van der Waals surface area contributed by atoms with E-state index in [1.807, 2.05) is 12.3 Å². The van der Waals surface area contributed by atoms with Gasteiger partial charge >= 0.3 is 0 Å². The molecule has 1 heterocycles. The molecule has 1 aromatic heterocycles. The van der Waals surface area contributed by atoms with Crippen molar-refractivity contribution in [1.29, 1.82) is 0 Å². The van der Waals surface area contributed by atoms with Gasteiger partial charge in [-0.05, 0) is 16.6 Å². The maximum atomic E-state index is 4.32. The van der Waals surface area contributed by atoms with E-state index >= 15 is 0 Å². The van der Waals surface area contributed by atoms with Crippen LogP contribution in [0.4, 0.5) is 0 Å². The highest BCUT2D eigenvalue weighted by Crippen LogP contribution is 2.05. The number of benzene rings is 1. The van der Waals surface area contributed by atoms with Crippen LogP contribution in [0.5, 0.6) is 0 Å². The van der Waals surface area contributed by atoms with Crippen LogP contribution in [0, 0.1) is 0 Å². The Kier molecular flexibility index (Phi) is 1.47. The lowest BCUT2D eigenvalue weighted by Crippen LogP contribution is -2.03. The standard InChI is InChI=1S/C9H9NSi/c11-8-5-1-3-7-4-2-6-10-9(7)8/h1-6H,11H3. The molecular formula is C9H9NSi. The van der Waals surface area contributed by atoms with E-state index in [1.165, 1.54) is 16.1 Å². The summed E-state index contributed by atoms with van der Waals surface area (Å²) in [7, 11) is 1.07. The number of pyridine rings is 1. The predicted molar refractivity (Wildman–Crippen MR) is 51.3 cm³/mol. The van der Waals surface area contributed by atoms with Gasteiger partial charge in [-0.1, -0.05) is 24.3 Å². The van der Waals surface area contributed by atoms with Gasteiger partial charge in [0.15, 0.2) is 0 Å². The van der Waals surface area contributed by atoms with Gasteiger partial charge in [0.2, 0.25) is 0 Å². The quantitative estimate of drug-likeness (QED) is 0.501. The minimum absolute atomic E-state index is 1.07. The van der Waals surface area contributed by atoms with E-state index in [0.29, 0.717) is 0 Å². The Labute approximate surface area is 68.5 Å². The minimum atomic E-state index is 1.07. The lowest BCUT2D eigenvalue weighted by atomic mass is 10.2. The number of hydrogen-bond donors (Lipinski definition) is 0. The first-order valence-electron chi connectivity index (χ1n) is 3.68. The molecule has 0 aliphatic rings. The molecule has 0 spiro atoms. The van der Waals surface area contributed by atoms with Crippen LogP contribution in [0.2, 0.25) is 0 Å². The zero-order chi connectivity index (χ0) is 7.68. The third-order valence-electron chi connectivity index (χ3n) is 1.83. The van der Waals surface area contributed by atoms with Crippen molar-refractivity contribution in [2.45, 2.75) is 0 Å². The summed E-state index contributed by atoms with van der Waals surface area (Å²) in [6.45, 7) is 0. The van der Waals surface area contributed by atoms with Crippen molar-refractivity contribution >= 4 is 26.3 Å². The zero-order valence-corrected chi connectivity index (χ0v) is 8.41. The van der Waals surface area contributed by atoms with Gasteiger partial charge in [0.25, 0.3) is 0 Å². The van der Waals surface area contributed by atoms with Crippen molar-refractivity contribution in [2.24, 2.45) is 0 Å². The van der Waals surface area contributed by atoms with Gasteiger partial charge in [-0.3, -0.25) is 4.98 Å². The second-order valence-electron chi connectivity index (χ2n) is 2.65. The largest absolute Gasteiger partial charge is 0.256 e. The van der Waals surface area contributed by atoms with Crippen molar-refractivity contribution in [3.05, 3.63) is 36.5 Å². The van der Waals surface area contributed by atoms with Gasteiger partial charge in [-0.25, -0.2) is 0 Å². The average molecular weight is 159 g/mol. The van der Waals surface area contributed by atoms with Crippen LogP contribution < -0.4 is 5.19 Å². The minimum Gasteiger partial charge on any atom is -0.256 e. The molecule has 2 rings (SSSR count). The number of para-hydroxylation sites is 1. The van der Waals surface area contributed by atoms with Crippen molar-refractivity contribution in [3.8, 4) is 0 Å². The SMILES string of the molecule is [SiH3]c1cccc2cccnc12. The highest BCUT2D eigenvalue weighted by atomic mass is 28.1. The summed E-state index contributed by atoms with van der Waals surface area (Å²) in [4.78, 5) is 4.32. The first-order chi connectivity index (χ1) is 5.38. The average Bonchev–Trinajstić information content (AvgIpc) is 2.06. The molecule has 0 bridgehead atoms. The molecule has 1 nitrogen and oxygen atoms in total. The Hall–Kier alpha value is -1.15. The molecule has 0 saturated heterocycles. The summed E-state index contributed by atoms with van der Waals surface area (Å²) in [6, 6.07) is 10.4. The van der Waals surface area contributed by atoms with E-state index in [2.05, 4.69) is 29.2 Å². The monoisotopic (exact) mass is 159 g/mol. The molecule has 0 aliphatic carbocycles. The van der Waals surface area contributed by atoms with E-state index < -0.39 is 0 Å².